The number of thiocarbonyl (C=S) groups is 1. The van der Waals surface area contributed by atoms with Gasteiger partial charge in [0.1, 0.15) is 0 Å². The molecule has 0 radical (unpaired) electrons. The lowest BCUT2D eigenvalue weighted by Gasteiger charge is -2.32. The van der Waals surface area contributed by atoms with E-state index in [0.717, 1.165) is 22.2 Å². The molecule has 2 aromatic rings. The molecule has 1 aliphatic heterocycles. The van der Waals surface area contributed by atoms with Gasteiger partial charge in [-0.3, -0.25) is 5.43 Å². The highest BCUT2D eigenvalue weighted by atomic mass is 32.1. The first kappa shape index (κ1) is 19.5. The zero-order valence-electron chi connectivity index (χ0n) is 16.0. The van der Waals surface area contributed by atoms with Crippen LogP contribution in [0.4, 0.5) is 0 Å². The third kappa shape index (κ3) is 4.38. The number of nitrogens with zero attached hydrogens (tertiary/aromatic N) is 1. The molecule has 0 aromatic heterocycles. The van der Waals surface area contributed by atoms with Gasteiger partial charge in [0.05, 0.1) is 17.4 Å². The van der Waals surface area contributed by atoms with Crippen molar-refractivity contribution in [1.29, 1.82) is 0 Å². The van der Waals surface area contributed by atoms with Crippen molar-refractivity contribution in [2.45, 2.75) is 38.9 Å². The van der Waals surface area contributed by atoms with Crippen molar-refractivity contribution in [1.82, 2.24) is 5.43 Å². The summed E-state index contributed by atoms with van der Waals surface area (Å²) in [6, 6.07) is 16.3. The monoisotopic (exact) mass is 381 g/mol. The van der Waals surface area contributed by atoms with Gasteiger partial charge < -0.3 is 15.0 Å². The number of nitrogens with one attached hydrogen (secondary N) is 1. The van der Waals surface area contributed by atoms with E-state index in [1.54, 1.807) is 6.21 Å². The largest absolute Gasteiger partial charge is 0.494 e. The van der Waals surface area contributed by atoms with Gasteiger partial charge in [-0.2, -0.15) is 5.10 Å². The summed E-state index contributed by atoms with van der Waals surface area (Å²) in [7, 11) is -0.368. The second kappa shape index (κ2) is 7.42. The van der Waals surface area contributed by atoms with Gasteiger partial charge >= 0.3 is 7.12 Å². The summed E-state index contributed by atoms with van der Waals surface area (Å²) in [4.78, 5) is 0. The fourth-order valence-corrected chi connectivity index (χ4v) is 2.83. The molecule has 1 aliphatic rings. The zero-order chi connectivity index (χ0) is 19.7. The van der Waals surface area contributed by atoms with Crippen LogP contribution in [-0.4, -0.2) is 29.6 Å². The summed E-state index contributed by atoms with van der Waals surface area (Å²) >= 11 is 4.71. The van der Waals surface area contributed by atoms with E-state index in [9.17, 15) is 0 Å². The normalized spacial score (nSPS) is 18.0. The van der Waals surface area contributed by atoms with Crippen molar-refractivity contribution in [3.63, 3.8) is 0 Å². The third-order valence-corrected chi connectivity index (χ3v) is 5.14. The Balaban J connectivity index is 1.78. The number of nitrogens with two attached hydrogens (primary N) is 1. The fourth-order valence-electron chi connectivity index (χ4n) is 2.78. The average Bonchev–Trinajstić information content (AvgIpc) is 2.83. The highest BCUT2D eigenvalue weighted by molar-refractivity contribution is 7.80. The maximum atomic E-state index is 6.16. The lowest BCUT2D eigenvalue weighted by Crippen LogP contribution is -2.41. The quantitative estimate of drug-likeness (QED) is 0.369. The lowest BCUT2D eigenvalue weighted by molar-refractivity contribution is 0.00578. The average molecular weight is 381 g/mol. The van der Waals surface area contributed by atoms with E-state index in [4.69, 9.17) is 27.3 Å². The predicted octanol–water partition coefficient (Wildman–Crippen LogP) is 2.82. The summed E-state index contributed by atoms with van der Waals surface area (Å²) in [5, 5.41) is 4.10. The molecule has 3 N–H and O–H groups in total. The van der Waals surface area contributed by atoms with E-state index in [-0.39, 0.29) is 23.4 Å². The van der Waals surface area contributed by atoms with Crippen LogP contribution in [0, 0.1) is 0 Å². The topological polar surface area (TPSA) is 68.9 Å². The van der Waals surface area contributed by atoms with Gasteiger partial charge in [0, 0.05) is 0 Å². The summed E-state index contributed by atoms with van der Waals surface area (Å²) in [6.45, 7) is 8.24. The second-order valence-corrected chi connectivity index (χ2v) is 8.01. The number of hydrazone groups is 1. The van der Waals surface area contributed by atoms with Crippen molar-refractivity contribution in [3.8, 4) is 11.1 Å². The van der Waals surface area contributed by atoms with Crippen LogP contribution < -0.4 is 16.6 Å². The molecule has 0 unspecified atom stereocenters. The summed E-state index contributed by atoms with van der Waals surface area (Å²) in [5.74, 6) is 0. The van der Waals surface area contributed by atoms with Gasteiger partial charge in [0.15, 0.2) is 5.11 Å². The van der Waals surface area contributed by atoms with Crippen LogP contribution in [0.5, 0.6) is 0 Å². The predicted molar refractivity (Wildman–Crippen MR) is 115 cm³/mol. The van der Waals surface area contributed by atoms with Crippen LogP contribution in [0.25, 0.3) is 11.1 Å². The number of benzene rings is 2. The first-order valence-corrected chi connectivity index (χ1v) is 9.23. The molecule has 140 valence electrons. The van der Waals surface area contributed by atoms with Crippen LogP contribution in [0.15, 0.2) is 53.6 Å². The van der Waals surface area contributed by atoms with E-state index in [1.807, 2.05) is 36.4 Å². The smallest absolute Gasteiger partial charge is 0.399 e. The maximum absolute atomic E-state index is 6.16. The second-order valence-electron chi connectivity index (χ2n) is 7.57. The van der Waals surface area contributed by atoms with Crippen LogP contribution in [0.3, 0.4) is 0 Å². The highest BCUT2D eigenvalue weighted by Gasteiger charge is 2.51. The molecule has 0 spiro atoms. The molecular formula is C20H24BN3O2S. The van der Waals surface area contributed by atoms with Crippen LogP contribution in [0.2, 0.25) is 0 Å². The van der Waals surface area contributed by atoms with Gasteiger partial charge in [-0.25, -0.2) is 0 Å². The molecule has 27 heavy (non-hydrogen) atoms. The van der Waals surface area contributed by atoms with Crippen molar-refractivity contribution < 1.29 is 9.31 Å². The van der Waals surface area contributed by atoms with Gasteiger partial charge in [0.25, 0.3) is 0 Å². The molecule has 0 saturated carbocycles. The van der Waals surface area contributed by atoms with E-state index in [0.29, 0.717) is 0 Å². The summed E-state index contributed by atoms with van der Waals surface area (Å²) < 4.78 is 12.3. The molecule has 0 bridgehead atoms. The van der Waals surface area contributed by atoms with Crippen LogP contribution >= 0.6 is 12.2 Å². The molecule has 0 amide bonds. The van der Waals surface area contributed by atoms with Gasteiger partial charge in [-0.1, -0.05) is 48.5 Å². The number of rotatable bonds is 4. The Morgan fingerprint density at radius 2 is 1.67 bits per heavy atom. The Labute approximate surface area is 166 Å². The van der Waals surface area contributed by atoms with Crippen molar-refractivity contribution in [3.05, 3.63) is 54.1 Å². The van der Waals surface area contributed by atoms with Crippen molar-refractivity contribution in [2.24, 2.45) is 10.8 Å². The third-order valence-electron chi connectivity index (χ3n) is 5.04. The minimum Gasteiger partial charge on any atom is -0.399 e. The molecule has 0 aliphatic carbocycles. The molecule has 1 fully saturated rings. The maximum Gasteiger partial charge on any atom is 0.494 e. The standard InChI is InChI=1S/C20H24BN3O2S/c1-19(2)20(3,4)26-21(25-19)17-7-5-6-16(12-17)15-10-8-14(9-11-15)13-23-24-18(22)27/h5-13H,1-4H3,(H3,22,24,27). The van der Waals surface area contributed by atoms with E-state index in [2.05, 4.69) is 50.4 Å². The van der Waals surface area contributed by atoms with Crippen molar-refractivity contribution >= 4 is 36.1 Å². The Kier molecular flexibility index (Phi) is 5.37. The SMILES string of the molecule is CC1(C)OB(c2cccc(-c3ccc(C=NNC(N)=S)cc3)c2)OC1(C)C. The molecule has 7 heteroatoms. The van der Waals surface area contributed by atoms with E-state index >= 15 is 0 Å². The Morgan fingerprint density at radius 1 is 1.04 bits per heavy atom. The molecular weight excluding hydrogens is 357 g/mol. The summed E-state index contributed by atoms with van der Waals surface area (Å²) in [5.41, 5.74) is 11.3. The summed E-state index contributed by atoms with van der Waals surface area (Å²) in [6.07, 6.45) is 1.67. The molecule has 3 rings (SSSR count). The van der Waals surface area contributed by atoms with Gasteiger partial charge in [-0.05, 0) is 62.1 Å². The van der Waals surface area contributed by atoms with Gasteiger partial charge in [-0.15, -0.1) is 0 Å². The first-order valence-electron chi connectivity index (χ1n) is 8.82. The van der Waals surface area contributed by atoms with Gasteiger partial charge in [0.2, 0.25) is 0 Å². The molecule has 0 atom stereocenters. The van der Waals surface area contributed by atoms with E-state index < -0.39 is 0 Å². The van der Waals surface area contributed by atoms with Crippen molar-refractivity contribution in [2.75, 3.05) is 0 Å². The van der Waals surface area contributed by atoms with Crippen LogP contribution in [-0.2, 0) is 9.31 Å². The number of hydrogen-bond donors (Lipinski definition) is 2. The van der Waals surface area contributed by atoms with Crippen LogP contribution in [0.1, 0.15) is 33.3 Å². The Morgan fingerprint density at radius 3 is 2.26 bits per heavy atom. The first-order chi connectivity index (χ1) is 12.7. The number of hydrogen-bond acceptors (Lipinski definition) is 4. The fraction of sp³-hybridized carbons (Fsp3) is 0.300. The Hall–Kier alpha value is -2.22. The lowest BCUT2D eigenvalue weighted by atomic mass is 9.78. The van der Waals surface area contributed by atoms with E-state index in [1.165, 1.54) is 0 Å². The molecule has 5 nitrogen and oxygen atoms in total. The molecule has 1 saturated heterocycles. The molecule has 1 heterocycles. The zero-order valence-corrected chi connectivity index (χ0v) is 16.8. The Bertz CT molecular complexity index is 850. The molecule has 2 aromatic carbocycles. The minimum absolute atomic E-state index is 0.141. The highest BCUT2D eigenvalue weighted by Crippen LogP contribution is 2.36. The minimum atomic E-state index is -0.368.